The summed E-state index contributed by atoms with van der Waals surface area (Å²) in [5.74, 6) is 3.32. The van der Waals surface area contributed by atoms with Gasteiger partial charge in [0.15, 0.2) is 0 Å². The minimum atomic E-state index is -0.827. The van der Waals surface area contributed by atoms with Crippen molar-refractivity contribution in [2.24, 2.45) is 23.2 Å². The van der Waals surface area contributed by atoms with Crippen LogP contribution < -0.4 is 0 Å². The first kappa shape index (κ1) is 13.7. The van der Waals surface area contributed by atoms with Gasteiger partial charge in [0.05, 0.1) is 5.56 Å². The number of carbonyl (C=O) groups is 1. The van der Waals surface area contributed by atoms with Gasteiger partial charge in [0.1, 0.15) is 0 Å². The van der Waals surface area contributed by atoms with E-state index in [1.165, 1.54) is 44.3 Å². The van der Waals surface area contributed by atoms with Gasteiger partial charge in [-0.05, 0) is 79.9 Å². The number of aromatic carboxylic acids is 1. The Bertz CT molecular complexity index is 531. The normalized spacial score (nSPS) is 36.9. The van der Waals surface area contributed by atoms with Crippen LogP contribution in [0.5, 0.6) is 0 Å². The van der Waals surface area contributed by atoms with E-state index in [0.29, 0.717) is 11.0 Å². The second kappa shape index (κ2) is 5.05. The Morgan fingerprint density at radius 1 is 1.14 bits per heavy atom. The molecular weight excluding hydrogens is 280 g/mol. The lowest BCUT2D eigenvalue weighted by Gasteiger charge is -2.56. The van der Waals surface area contributed by atoms with Crippen LogP contribution in [-0.4, -0.2) is 16.8 Å². The maximum Gasteiger partial charge on any atom is 0.335 e. The molecule has 2 nitrogen and oxygen atoms in total. The van der Waals surface area contributed by atoms with Crippen molar-refractivity contribution in [1.29, 1.82) is 0 Å². The molecule has 0 amide bonds. The Morgan fingerprint density at radius 3 is 2.33 bits per heavy atom. The molecule has 112 valence electrons. The number of thioether (sulfide) groups is 1. The molecule has 1 N–H and O–H groups in total. The van der Waals surface area contributed by atoms with Crippen molar-refractivity contribution in [2.45, 2.75) is 43.4 Å². The predicted molar refractivity (Wildman–Crippen MR) is 84.7 cm³/mol. The Labute approximate surface area is 130 Å². The highest BCUT2D eigenvalue weighted by Crippen LogP contribution is 2.61. The van der Waals surface area contributed by atoms with Crippen LogP contribution in [0, 0.1) is 23.2 Å². The number of hydrogen-bond acceptors (Lipinski definition) is 2. The van der Waals surface area contributed by atoms with Crippen molar-refractivity contribution in [3.8, 4) is 0 Å². The molecule has 0 aromatic heterocycles. The number of benzene rings is 1. The van der Waals surface area contributed by atoms with Gasteiger partial charge in [0.2, 0.25) is 0 Å². The molecule has 21 heavy (non-hydrogen) atoms. The third kappa shape index (κ3) is 2.61. The molecule has 0 saturated heterocycles. The molecule has 0 aliphatic heterocycles. The Hall–Kier alpha value is -0.960. The SMILES string of the molecule is O=C(O)c1cccc(SCC23CC4CC(CC(C4)C2)C3)c1. The van der Waals surface area contributed by atoms with Crippen LogP contribution in [0.4, 0.5) is 0 Å². The van der Waals surface area contributed by atoms with Gasteiger partial charge in [0.25, 0.3) is 0 Å². The van der Waals surface area contributed by atoms with E-state index in [1.54, 1.807) is 6.07 Å². The van der Waals surface area contributed by atoms with Gasteiger partial charge in [-0.25, -0.2) is 4.79 Å². The molecule has 0 heterocycles. The lowest BCUT2D eigenvalue weighted by Crippen LogP contribution is -2.47. The lowest BCUT2D eigenvalue weighted by molar-refractivity contribution is -0.0381. The molecule has 0 radical (unpaired) electrons. The van der Waals surface area contributed by atoms with Gasteiger partial charge in [0, 0.05) is 10.6 Å². The van der Waals surface area contributed by atoms with Crippen LogP contribution in [-0.2, 0) is 0 Å². The summed E-state index contributed by atoms with van der Waals surface area (Å²) in [5.41, 5.74) is 0.962. The smallest absolute Gasteiger partial charge is 0.335 e. The molecule has 0 spiro atoms. The van der Waals surface area contributed by atoms with Gasteiger partial charge in [-0.3, -0.25) is 0 Å². The summed E-state index contributed by atoms with van der Waals surface area (Å²) in [6.45, 7) is 0. The molecule has 1 aromatic carbocycles. The quantitative estimate of drug-likeness (QED) is 0.820. The zero-order chi connectivity index (χ0) is 14.4. The minimum absolute atomic E-state index is 0.408. The highest BCUT2D eigenvalue weighted by Gasteiger charge is 2.50. The van der Waals surface area contributed by atoms with Crippen molar-refractivity contribution in [2.75, 3.05) is 5.75 Å². The first-order valence-electron chi connectivity index (χ1n) is 8.08. The van der Waals surface area contributed by atoms with Gasteiger partial charge >= 0.3 is 5.97 Å². The summed E-state index contributed by atoms with van der Waals surface area (Å²) >= 11 is 1.88. The zero-order valence-electron chi connectivity index (χ0n) is 12.3. The van der Waals surface area contributed by atoms with E-state index in [9.17, 15) is 4.79 Å². The Balaban J connectivity index is 1.47. The molecular formula is C18H22O2S. The van der Waals surface area contributed by atoms with E-state index >= 15 is 0 Å². The third-order valence-electron chi connectivity index (χ3n) is 5.79. The van der Waals surface area contributed by atoms with Crippen molar-refractivity contribution in [3.05, 3.63) is 29.8 Å². The molecule has 0 unspecified atom stereocenters. The number of carboxylic acids is 1. The maximum atomic E-state index is 11.1. The monoisotopic (exact) mass is 302 g/mol. The van der Waals surface area contributed by atoms with E-state index < -0.39 is 5.97 Å². The molecule has 4 aliphatic carbocycles. The summed E-state index contributed by atoms with van der Waals surface area (Å²) in [6.07, 6.45) is 8.72. The van der Waals surface area contributed by atoms with Crippen LogP contribution in [0.15, 0.2) is 29.2 Å². The molecule has 0 atom stereocenters. The minimum Gasteiger partial charge on any atom is -0.478 e. The fourth-order valence-corrected chi connectivity index (χ4v) is 6.63. The maximum absolute atomic E-state index is 11.1. The van der Waals surface area contributed by atoms with E-state index in [1.807, 2.05) is 23.9 Å². The molecule has 3 heteroatoms. The van der Waals surface area contributed by atoms with Crippen LogP contribution in [0.1, 0.15) is 48.9 Å². The number of rotatable bonds is 4. The van der Waals surface area contributed by atoms with Gasteiger partial charge < -0.3 is 5.11 Å². The van der Waals surface area contributed by atoms with Crippen LogP contribution in [0.2, 0.25) is 0 Å². The molecule has 5 rings (SSSR count). The van der Waals surface area contributed by atoms with Crippen molar-refractivity contribution in [3.63, 3.8) is 0 Å². The van der Waals surface area contributed by atoms with Crippen LogP contribution in [0.25, 0.3) is 0 Å². The van der Waals surface area contributed by atoms with Gasteiger partial charge in [-0.1, -0.05) is 6.07 Å². The van der Waals surface area contributed by atoms with Crippen LogP contribution >= 0.6 is 11.8 Å². The second-order valence-electron chi connectivity index (χ2n) is 7.54. The van der Waals surface area contributed by atoms with Gasteiger partial charge in [-0.2, -0.15) is 0 Å². The average molecular weight is 302 g/mol. The Morgan fingerprint density at radius 2 is 1.76 bits per heavy atom. The van der Waals surface area contributed by atoms with E-state index in [0.717, 1.165) is 22.6 Å². The topological polar surface area (TPSA) is 37.3 Å². The first-order chi connectivity index (χ1) is 10.1. The van der Waals surface area contributed by atoms with E-state index in [-0.39, 0.29) is 0 Å². The highest BCUT2D eigenvalue weighted by molar-refractivity contribution is 7.99. The molecule has 4 bridgehead atoms. The van der Waals surface area contributed by atoms with Crippen molar-refractivity contribution in [1.82, 2.24) is 0 Å². The van der Waals surface area contributed by atoms with Gasteiger partial charge in [-0.15, -0.1) is 11.8 Å². The predicted octanol–water partition coefficient (Wildman–Crippen LogP) is 4.69. The van der Waals surface area contributed by atoms with E-state index in [4.69, 9.17) is 5.11 Å². The third-order valence-corrected chi connectivity index (χ3v) is 7.14. The fourth-order valence-electron chi connectivity index (χ4n) is 5.42. The fraction of sp³-hybridized carbons (Fsp3) is 0.611. The highest BCUT2D eigenvalue weighted by atomic mass is 32.2. The summed E-state index contributed by atoms with van der Waals surface area (Å²) in [5, 5.41) is 9.10. The summed E-state index contributed by atoms with van der Waals surface area (Å²) in [7, 11) is 0. The van der Waals surface area contributed by atoms with E-state index in [2.05, 4.69) is 6.07 Å². The zero-order valence-corrected chi connectivity index (χ0v) is 13.1. The van der Waals surface area contributed by atoms with Crippen molar-refractivity contribution >= 4 is 17.7 Å². The Kier molecular flexibility index (Phi) is 3.29. The number of carboxylic acid groups (broad SMARTS) is 1. The second-order valence-corrected chi connectivity index (χ2v) is 8.59. The summed E-state index contributed by atoms with van der Waals surface area (Å²) in [6, 6.07) is 7.42. The average Bonchev–Trinajstić information content (AvgIpc) is 2.44. The molecule has 4 aliphatic rings. The van der Waals surface area contributed by atoms with Crippen LogP contribution in [0.3, 0.4) is 0 Å². The lowest BCUT2D eigenvalue weighted by atomic mass is 9.50. The molecule has 4 saturated carbocycles. The summed E-state index contributed by atoms with van der Waals surface area (Å²) in [4.78, 5) is 12.2. The molecule has 1 aromatic rings. The van der Waals surface area contributed by atoms with Crippen molar-refractivity contribution < 1.29 is 9.90 Å². The summed E-state index contributed by atoms with van der Waals surface area (Å²) < 4.78 is 0. The standard InChI is InChI=1S/C18H22O2S/c19-17(20)15-2-1-3-16(7-15)21-11-18-8-12-4-13(9-18)6-14(5-12)10-18/h1-3,7,12-14H,4-6,8-11H2,(H,19,20). The number of hydrogen-bond donors (Lipinski definition) is 1. The largest absolute Gasteiger partial charge is 0.478 e. The molecule has 4 fully saturated rings. The first-order valence-corrected chi connectivity index (χ1v) is 9.07.